The van der Waals surface area contributed by atoms with E-state index in [1.165, 1.54) is 0 Å². The van der Waals surface area contributed by atoms with E-state index >= 15 is 0 Å². The van der Waals surface area contributed by atoms with E-state index in [2.05, 4.69) is 10.3 Å². The number of fused-ring (bicyclic) bond motifs is 1. The molecule has 5 heteroatoms. The lowest BCUT2D eigenvalue weighted by atomic mass is 10.1. The summed E-state index contributed by atoms with van der Waals surface area (Å²) in [5.41, 5.74) is 2.96. The minimum atomic E-state index is -0.320. The number of rotatable bonds is 5. The minimum absolute atomic E-state index is 0.0207. The molecule has 0 unspecified atom stereocenters. The molecule has 0 aliphatic heterocycles. The third-order valence-electron chi connectivity index (χ3n) is 4.10. The first-order valence-electron chi connectivity index (χ1n) is 8.01. The zero-order valence-electron chi connectivity index (χ0n) is 13.7. The Morgan fingerprint density at radius 3 is 2.79 bits per heavy atom. The van der Waals surface area contributed by atoms with Crippen LogP contribution in [0.5, 0.6) is 0 Å². The van der Waals surface area contributed by atoms with Crippen molar-refractivity contribution in [2.75, 3.05) is 0 Å². The lowest BCUT2D eigenvalue weighted by molar-refractivity contribution is -0.124. The van der Waals surface area contributed by atoms with Crippen LogP contribution < -0.4 is 5.32 Å². The number of nitrogens with zero attached hydrogens (tertiary/aromatic N) is 2. The summed E-state index contributed by atoms with van der Waals surface area (Å²) in [7, 11) is 0. The number of benzene rings is 2. The van der Waals surface area contributed by atoms with Crippen molar-refractivity contribution in [1.29, 1.82) is 0 Å². The fraction of sp³-hybridized carbons (Fsp3) is 0.263. The monoisotopic (exact) mass is 341 g/mol. The second-order valence-electron chi connectivity index (χ2n) is 6.06. The number of imidazole rings is 1. The van der Waals surface area contributed by atoms with Gasteiger partial charge in [-0.2, -0.15) is 0 Å². The predicted molar refractivity (Wildman–Crippen MR) is 97.2 cm³/mol. The normalized spacial score (nSPS) is 13.6. The number of hydrogen-bond acceptors (Lipinski definition) is 2. The van der Waals surface area contributed by atoms with E-state index in [-0.39, 0.29) is 18.0 Å². The summed E-state index contributed by atoms with van der Waals surface area (Å²) < 4.78 is 1.90. The number of para-hydroxylation sites is 2. The highest BCUT2D eigenvalue weighted by Gasteiger charge is 2.18. The zero-order chi connectivity index (χ0) is 17.1. The van der Waals surface area contributed by atoms with Crippen LogP contribution in [0.25, 0.3) is 11.0 Å². The van der Waals surface area contributed by atoms with Crippen LogP contribution in [0.1, 0.15) is 25.5 Å². The van der Waals surface area contributed by atoms with E-state index in [9.17, 15) is 4.79 Å². The second kappa shape index (κ2) is 7.05. The van der Waals surface area contributed by atoms with Crippen LogP contribution >= 0.6 is 11.6 Å². The van der Waals surface area contributed by atoms with E-state index in [1.54, 1.807) is 6.33 Å². The Balaban J connectivity index is 1.67. The number of amides is 1. The quantitative estimate of drug-likeness (QED) is 0.762. The molecular weight excluding hydrogens is 322 g/mol. The third-order valence-corrected chi connectivity index (χ3v) is 4.33. The lowest BCUT2D eigenvalue weighted by Gasteiger charge is -2.19. The van der Waals surface area contributed by atoms with Crippen molar-refractivity contribution in [2.24, 2.45) is 0 Å². The molecule has 0 aliphatic carbocycles. The van der Waals surface area contributed by atoms with E-state index < -0.39 is 0 Å². The Labute approximate surface area is 146 Å². The number of hydrogen-bond donors (Lipinski definition) is 1. The summed E-state index contributed by atoms with van der Waals surface area (Å²) in [5.74, 6) is -0.0207. The fourth-order valence-electron chi connectivity index (χ4n) is 2.85. The standard InChI is InChI=1S/C19H20ClN3O/c1-13(10-15-6-5-7-16(20)11-15)22-19(24)14(2)23-12-21-17-8-3-4-9-18(17)23/h3-9,11-14H,10H2,1-2H3,(H,22,24)/t13-,14-/m1/s1. The topological polar surface area (TPSA) is 46.9 Å². The number of aromatic nitrogens is 2. The van der Waals surface area contributed by atoms with Gasteiger partial charge < -0.3 is 9.88 Å². The molecule has 2 atom stereocenters. The van der Waals surface area contributed by atoms with Gasteiger partial charge in [0.05, 0.1) is 17.4 Å². The smallest absolute Gasteiger partial charge is 0.243 e. The van der Waals surface area contributed by atoms with Crippen LogP contribution in [0.15, 0.2) is 54.9 Å². The summed E-state index contributed by atoms with van der Waals surface area (Å²) in [6.45, 7) is 3.88. The van der Waals surface area contributed by atoms with Crippen LogP contribution in [0.3, 0.4) is 0 Å². The van der Waals surface area contributed by atoms with Crippen molar-refractivity contribution in [2.45, 2.75) is 32.4 Å². The van der Waals surface area contributed by atoms with Crippen molar-refractivity contribution < 1.29 is 4.79 Å². The molecule has 24 heavy (non-hydrogen) atoms. The highest BCUT2D eigenvalue weighted by molar-refractivity contribution is 6.30. The van der Waals surface area contributed by atoms with E-state index in [4.69, 9.17) is 11.6 Å². The Morgan fingerprint density at radius 2 is 2.00 bits per heavy atom. The number of carbonyl (C=O) groups is 1. The predicted octanol–water partition coefficient (Wildman–Crippen LogP) is 4.00. The van der Waals surface area contributed by atoms with Gasteiger partial charge in [0, 0.05) is 11.1 Å². The highest BCUT2D eigenvalue weighted by atomic mass is 35.5. The number of carbonyl (C=O) groups excluding carboxylic acids is 1. The molecule has 1 amide bonds. The van der Waals surface area contributed by atoms with Gasteiger partial charge in [0.1, 0.15) is 6.04 Å². The van der Waals surface area contributed by atoms with Crippen LogP contribution in [-0.2, 0) is 11.2 Å². The maximum Gasteiger partial charge on any atom is 0.243 e. The van der Waals surface area contributed by atoms with Gasteiger partial charge in [-0.3, -0.25) is 4.79 Å². The molecule has 4 nitrogen and oxygen atoms in total. The SMILES string of the molecule is C[C@H](Cc1cccc(Cl)c1)NC(=O)[C@@H](C)n1cnc2ccccc21. The molecule has 3 rings (SSSR count). The molecule has 1 N–H and O–H groups in total. The summed E-state index contributed by atoms with van der Waals surface area (Å²) in [5, 5.41) is 3.78. The summed E-state index contributed by atoms with van der Waals surface area (Å²) in [6, 6.07) is 15.2. The second-order valence-corrected chi connectivity index (χ2v) is 6.50. The Morgan fingerprint density at radius 1 is 1.21 bits per heavy atom. The lowest BCUT2D eigenvalue weighted by Crippen LogP contribution is -2.38. The fourth-order valence-corrected chi connectivity index (χ4v) is 3.06. The molecule has 0 fully saturated rings. The van der Waals surface area contributed by atoms with Gasteiger partial charge in [-0.25, -0.2) is 4.98 Å². The molecule has 0 aliphatic rings. The van der Waals surface area contributed by atoms with Gasteiger partial charge in [-0.1, -0.05) is 35.9 Å². The van der Waals surface area contributed by atoms with Gasteiger partial charge in [0.25, 0.3) is 0 Å². The summed E-state index contributed by atoms with van der Waals surface area (Å²) in [6.07, 6.45) is 2.46. The van der Waals surface area contributed by atoms with Crippen molar-refractivity contribution >= 4 is 28.5 Å². The largest absolute Gasteiger partial charge is 0.352 e. The van der Waals surface area contributed by atoms with Crippen molar-refractivity contribution in [3.63, 3.8) is 0 Å². The highest BCUT2D eigenvalue weighted by Crippen LogP contribution is 2.18. The van der Waals surface area contributed by atoms with Crippen LogP contribution in [-0.4, -0.2) is 21.5 Å². The first-order chi connectivity index (χ1) is 11.5. The minimum Gasteiger partial charge on any atom is -0.352 e. The van der Waals surface area contributed by atoms with Gasteiger partial charge >= 0.3 is 0 Å². The summed E-state index contributed by atoms with van der Waals surface area (Å²) >= 11 is 6.01. The average molecular weight is 342 g/mol. The van der Waals surface area contributed by atoms with Crippen molar-refractivity contribution in [3.8, 4) is 0 Å². The van der Waals surface area contributed by atoms with E-state index in [0.29, 0.717) is 5.02 Å². The van der Waals surface area contributed by atoms with E-state index in [0.717, 1.165) is 23.0 Å². The molecule has 0 saturated carbocycles. The molecule has 1 heterocycles. The van der Waals surface area contributed by atoms with Crippen LogP contribution in [0.2, 0.25) is 5.02 Å². The molecule has 124 valence electrons. The first kappa shape index (κ1) is 16.5. The molecule has 0 saturated heterocycles. The maximum absolute atomic E-state index is 12.6. The zero-order valence-corrected chi connectivity index (χ0v) is 14.5. The Kier molecular flexibility index (Phi) is 4.86. The third kappa shape index (κ3) is 3.60. The molecule has 2 aromatic carbocycles. The first-order valence-corrected chi connectivity index (χ1v) is 8.39. The van der Waals surface area contributed by atoms with Crippen molar-refractivity contribution in [3.05, 3.63) is 65.4 Å². The van der Waals surface area contributed by atoms with Gasteiger partial charge in [-0.05, 0) is 50.1 Å². The van der Waals surface area contributed by atoms with Gasteiger partial charge in [-0.15, -0.1) is 0 Å². The van der Waals surface area contributed by atoms with Crippen LogP contribution in [0, 0.1) is 0 Å². The molecule has 1 aromatic heterocycles. The van der Waals surface area contributed by atoms with Crippen LogP contribution in [0.4, 0.5) is 0 Å². The molecular formula is C19H20ClN3O. The van der Waals surface area contributed by atoms with E-state index in [1.807, 2.05) is 66.9 Å². The number of halogens is 1. The number of nitrogens with one attached hydrogen (secondary N) is 1. The molecule has 0 spiro atoms. The Bertz CT molecular complexity index is 858. The molecule has 3 aromatic rings. The summed E-state index contributed by atoms with van der Waals surface area (Å²) in [4.78, 5) is 16.9. The average Bonchev–Trinajstić information content (AvgIpc) is 2.98. The van der Waals surface area contributed by atoms with Gasteiger partial charge in [0.15, 0.2) is 0 Å². The Hall–Kier alpha value is -2.33. The van der Waals surface area contributed by atoms with Crippen molar-refractivity contribution in [1.82, 2.24) is 14.9 Å². The maximum atomic E-state index is 12.6. The van der Waals surface area contributed by atoms with Gasteiger partial charge in [0.2, 0.25) is 5.91 Å². The molecule has 0 radical (unpaired) electrons. The molecule has 0 bridgehead atoms.